The SMILES string of the molecule is COc1cc(C(=O)O)ccc1CCNC(=O)c1c[nH]cc1C. The number of aryl methyl sites for hydroxylation is 1. The average Bonchev–Trinajstić information content (AvgIpc) is 2.93. The van der Waals surface area contributed by atoms with Gasteiger partial charge in [0.15, 0.2) is 0 Å². The Labute approximate surface area is 128 Å². The molecule has 6 nitrogen and oxygen atoms in total. The molecule has 2 rings (SSSR count). The molecule has 0 saturated heterocycles. The van der Waals surface area contributed by atoms with Crippen molar-refractivity contribution in [2.45, 2.75) is 13.3 Å². The van der Waals surface area contributed by atoms with Gasteiger partial charge in [0.05, 0.1) is 18.2 Å². The van der Waals surface area contributed by atoms with Crippen LogP contribution in [-0.4, -0.2) is 35.6 Å². The van der Waals surface area contributed by atoms with E-state index < -0.39 is 5.97 Å². The Morgan fingerprint density at radius 1 is 1.32 bits per heavy atom. The molecule has 1 heterocycles. The van der Waals surface area contributed by atoms with Gasteiger partial charge in [0.1, 0.15) is 5.75 Å². The van der Waals surface area contributed by atoms with Crippen molar-refractivity contribution in [1.29, 1.82) is 0 Å². The minimum absolute atomic E-state index is 0.139. The molecule has 1 amide bonds. The van der Waals surface area contributed by atoms with E-state index in [1.54, 1.807) is 18.5 Å². The number of ether oxygens (including phenoxy) is 1. The number of amides is 1. The van der Waals surface area contributed by atoms with Gasteiger partial charge in [-0.2, -0.15) is 0 Å². The highest BCUT2D eigenvalue weighted by atomic mass is 16.5. The normalized spacial score (nSPS) is 10.3. The molecule has 2 aromatic rings. The number of carboxylic acid groups (broad SMARTS) is 1. The molecule has 1 aromatic carbocycles. The lowest BCUT2D eigenvalue weighted by molar-refractivity contribution is 0.0696. The van der Waals surface area contributed by atoms with Crippen molar-refractivity contribution in [3.05, 3.63) is 52.8 Å². The molecule has 22 heavy (non-hydrogen) atoms. The highest BCUT2D eigenvalue weighted by Crippen LogP contribution is 2.20. The van der Waals surface area contributed by atoms with Gasteiger partial charge in [-0.15, -0.1) is 0 Å². The molecule has 0 aliphatic heterocycles. The fraction of sp³-hybridized carbons (Fsp3) is 0.250. The standard InChI is InChI=1S/C16H18N2O4/c1-10-8-17-9-13(10)15(19)18-6-5-11-3-4-12(16(20)21)7-14(11)22-2/h3-4,7-9,17H,5-6H2,1-2H3,(H,18,19)(H,20,21). The molecule has 1 aromatic heterocycles. The summed E-state index contributed by atoms with van der Waals surface area (Å²) in [7, 11) is 1.49. The maximum atomic E-state index is 12.0. The molecule has 6 heteroatoms. The maximum absolute atomic E-state index is 12.0. The second-order valence-electron chi connectivity index (χ2n) is 4.89. The summed E-state index contributed by atoms with van der Waals surface area (Å²) in [6.07, 6.45) is 3.98. The number of aromatic carboxylic acids is 1. The molecule has 116 valence electrons. The topological polar surface area (TPSA) is 91.4 Å². The van der Waals surface area contributed by atoms with Crippen LogP contribution < -0.4 is 10.1 Å². The summed E-state index contributed by atoms with van der Waals surface area (Å²) in [5.74, 6) is -0.632. The van der Waals surface area contributed by atoms with Gasteiger partial charge in [-0.05, 0) is 36.6 Å². The predicted molar refractivity (Wildman–Crippen MR) is 81.5 cm³/mol. The molecule has 0 atom stereocenters. The number of aromatic nitrogens is 1. The number of methoxy groups -OCH3 is 1. The summed E-state index contributed by atoms with van der Waals surface area (Å²) in [6.45, 7) is 2.30. The van der Waals surface area contributed by atoms with E-state index in [9.17, 15) is 9.59 Å². The summed E-state index contributed by atoms with van der Waals surface area (Å²) in [5, 5.41) is 11.8. The molecular weight excluding hydrogens is 284 g/mol. The zero-order valence-electron chi connectivity index (χ0n) is 12.5. The zero-order chi connectivity index (χ0) is 16.1. The van der Waals surface area contributed by atoms with Crippen LogP contribution in [0.1, 0.15) is 31.8 Å². The van der Waals surface area contributed by atoms with Crippen LogP contribution in [0.15, 0.2) is 30.6 Å². The van der Waals surface area contributed by atoms with Crippen molar-refractivity contribution in [3.8, 4) is 5.75 Å². The van der Waals surface area contributed by atoms with Crippen molar-refractivity contribution >= 4 is 11.9 Å². The summed E-state index contributed by atoms with van der Waals surface area (Å²) < 4.78 is 5.20. The van der Waals surface area contributed by atoms with Crippen LogP contribution in [-0.2, 0) is 6.42 Å². The van der Waals surface area contributed by atoms with Gasteiger partial charge in [0.25, 0.3) is 5.91 Å². The Bertz CT molecular complexity index is 691. The van der Waals surface area contributed by atoms with Gasteiger partial charge in [0, 0.05) is 18.9 Å². The van der Waals surface area contributed by atoms with Crippen molar-refractivity contribution in [1.82, 2.24) is 10.3 Å². The van der Waals surface area contributed by atoms with Crippen LogP contribution in [0.25, 0.3) is 0 Å². The van der Waals surface area contributed by atoms with Gasteiger partial charge in [-0.25, -0.2) is 4.79 Å². The molecule has 0 aliphatic rings. The fourth-order valence-corrected chi connectivity index (χ4v) is 2.18. The van der Waals surface area contributed by atoms with E-state index in [1.165, 1.54) is 19.2 Å². The lowest BCUT2D eigenvalue weighted by Gasteiger charge is -2.10. The third-order valence-electron chi connectivity index (χ3n) is 3.41. The lowest BCUT2D eigenvalue weighted by atomic mass is 10.1. The number of H-pyrrole nitrogens is 1. The molecule has 0 bridgehead atoms. The summed E-state index contributed by atoms with van der Waals surface area (Å²) in [4.78, 5) is 25.8. The van der Waals surface area contributed by atoms with Crippen LogP contribution in [0, 0.1) is 6.92 Å². The number of carboxylic acids is 1. The van der Waals surface area contributed by atoms with Crippen LogP contribution in [0.2, 0.25) is 0 Å². The third-order valence-corrected chi connectivity index (χ3v) is 3.41. The van der Waals surface area contributed by atoms with E-state index in [2.05, 4.69) is 10.3 Å². The van der Waals surface area contributed by atoms with E-state index in [-0.39, 0.29) is 11.5 Å². The van der Waals surface area contributed by atoms with E-state index >= 15 is 0 Å². The van der Waals surface area contributed by atoms with Crippen molar-refractivity contribution in [2.75, 3.05) is 13.7 Å². The number of rotatable bonds is 6. The van der Waals surface area contributed by atoms with Gasteiger partial charge in [-0.3, -0.25) is 4.79 Å². The number of carbonyl (C=O) groups is 2. The monoisotopic (exact) mass is 302 g/mol. The quantitative estimate of drug-likeness (QED) is 0.761. The minimum atomic E-state index is -0.999. The molecule has 0 fully saturated rings. The number of carbonyl (C=O) groups excluding carboxylic acids is 1. The second-order valence-corrected chi connectivity index (χ2v) is 4.89. The lowest BCUT2D eigenvalue weighted by Crippen LogP contribution is -2.26. The summed E-state index contributed by atoms with van der Waals surface area (Å²) >= 11 is 0. The Morgan fingerprint density at radius 2 is 2.09 bits per heavy atom. The number of aromatic amines is 1. The van der Waals surface area contributed by atoms with Crippen LogP contribution in [0.5, 0.6) is 5.75 Å². The number of benzene rings is 1. The van der Waals surface area contributed by atoms with Crippen LogP contribution >= 0.6 is 0 Å². The molecular formula is C16H18N2O4. The molecule has 0 saturated carbocycles. The first kappa shape index (κ1) is 15.6. The molecule has 0 aliphatic carbocycles. The smallest absolute Gasteiger partial charge is 0.335 e. The molecule has 3 N–H and O–H groups in total. The number of nitrogens with one attached hydrogen (secondary N) is 2. The first-order valence-corrected chi connectivity index (χ1v) is 6.84. The van der Waals surface area contributed by atoms with Gasteiger partial charge >= 0.3 is 5.97 Å². The largest absolute Gasteiger partial charge is 0.496 e. The molecule has 0 spiro atoms. The maximum Gasteiger partial charge on any atom is 0.335 e. The second kappa shape index (κ2) is 6.80. The fourth-order valence-electron chi connectivity index (χ4n) is 2.18. The Kier molecular flexibility index (Phi) is 4.83. The molecule has 0 unspecified atom stereocenters. The van der Waals surface area contributed by atoms with E-state index in [0.717, 1.165) is 11.1 Å². The first-order chi connectivity index (χ1) is 10.5. The number of hydrogen-bond acceptors (Lipinski definition) is 3. The van der Waals surface area contributed by atoms with E-state index in [1.807, 2.05) is 6.92 Å². The van der Waals surface area contributed by atoms with Gasteiger partial charge < -0.3 is 20.1 Å². The van der Waals surface area contributed by atoms with Crippen molar-refractivity contribution in [2.24, 2.45) is 0 Å². The van der Waals surface area contributed by atoms with Crippen molar-refractivity contribution in [3.63, 3.8) is 0 Å². The van der Waals surface area contributed by atoms with Crippen LogP contribution in [0.4, 0.5) is 0 Å². The molecule has 0 radical (unpaired) electrons. The highest BCUT2D eigenvalue weighted by Gasteiger charge is 2.11. The Hall–Kier alpha value is -2.76. The summed E-state index contributed by atoms with van der Waals surface area (Å²) in [6, 6.07) is 4.71. The van der Waals surface area contributed by atoms with Crippen LogP contribution in [0.3, 0.4) is 0 Å². The third kappa shape index (κ3) is 3.46. The predicted octanol–water partition coefficient (Wildman–Crippen LogP) is 2.00. The zero-order valence-corrected chi connectivity index (χ0v) is 12.5. The van der Waals surface area contributed by atoms with Crippen molar-refractivity contribution < 1.29 is 19.4 Å². The van der Waals surface area contributed by atoms with Gasteiger partial charge in [-0.1, -0.05) is 6.07 Å². The summed E-state index contributed by atoms with van der Waals surface area (Å²) in [5.41, 5.74) is 2.53. The minimum Gasteiger partial charge on any atom is -0.496 e. The van der Waals surface area contributed by atoms with Gasteiger partial charge in [0.2, 0.25) is 0 Å². The van der Waals surface area contributed by atoms with E-state index in [4.69, 9.17) is 9.84 Å². The Morgan fingerprint density at radius 3 is 2.68 bits per heavy atom. The average molecular weight is 302 g/mol. The first-order valence-electron chi connectivity index (χ1n) is 6.84. The number of hydrogen-bond donors (Lipinski definition) is 3. The Balaban J connectivity index is 1.98. The van der Waals surface area contributed by atoms with E-state index in [0.29, 0.717) is 24.3 Å². The highest BCUT2D eigenvalue weighted by molar-refractivity contribution is 5.95.